The average molecular weight is 293 g/mol. The van der Waals surface area contributed by atoms with E-state index in [1.165, 1.54) is 18.2 Å². The molecule has 7 nitrogen and oxygen atoms in total. The zero-order valence-corrected chi connectivity index (χ0v) is 12.1. The number of nitrogens with one attached hydrogen (secondary N) is 1. The first-order valence-electron chi connectivity index (χ1n) is 6.85. The molecule has 0 amide bonds. The molecule has 2 atom stereocenters. The number of hydrogen-bond donors (Lipinski definition) is 2. The lowest BCUT2D eigenvalue weighted by molar-refractivity contribution is -0.384. The number of anilines is 1. The van der Waals surface area contributed by atoms with Crippen molar-refractivity contribution in [2.24, 2.45) is 5.92 Å². The molecule has 1 heterocycles. The van der Waals surface area contributed by atoms with Crippen LogP contribution in [0.3, 0.4) is 0 Å². The number of piperidine rings is 1. The summed E-state index contributed by atoms with van der Waals surface area (Å²) in [7, 11) is 2.04. The Balaban J connectivity index is 2.26. The average Bonchev–Trinajstić information content (AvgIpc) is 2.41. The van der Waals surface area contributed by atoms with Crippen molar-refractivity contribution in [3.05, 3.63) is 33.9 Å². The number of benzene rings is 1. The molecule has 0 aromatic heterocycles. The van der Waals surface area contributed by atoms with Crippen LogP contribution in [0.4, 0.5) is 11.4 Å². The fraction of sp³-hybridized carbons (Fsp3) is 0.500. The first kappa shape index (κ1) is 15.2. The first-order valence-corrected chi connectivity index (χ1v) is 6.85. The minimum Gasteiger partial charge on any atom is -0.478 e. The SMILES string of the molecule is CC1CN(C)CCC1Nc1cc(C(=O)O)ccc1[N+](=O)[O-]. The van der Waals surface area contributed by atoms with Gasteiger partial charge < -0.3 is 15.3 Å². The van der Waals surface area contributed by atoms with E-state index in [0.29, 0.717) is 5.92 Å². The highest BCUT2D eigenvalue weighted by molar-refractivity contribution is 5.90. The second-order valence-corrected chi connectivity index (χ2v) is 5.57. The van der Waals surface area contributed by atoms with E-state index in [9.17, 15) is 14.9 Å². The normalized spacial score (nSPS) is 22.8. The van der Waals surface area contributed by atoms with E-state index in [-0.39, 0.29) is 23.0 Å². The Labute approximate surface area is 122 Å². The molecule has 1 aromatic carbocycles. The van der Waals surface area contributed by atoms with Crippen LogP contribution in [0.5, 0.6) is 0 Å². The van der Waals surface area contributed by atoms with Gasteiger partial charge in [0.2, 0.25) is 0 Å². The highest BCUT2D eigenvalue weighted by Crippen LogP contribution is 2.29. The molecule has 1 fully saturated rings. The van der Waals surface area contributed by atoms with Crippen LogP contribution >= 0.6 is 0 Å². The van der Waals surface area contributed by atoms with Crippen LogP contribution in [0, 0.1) is 16.0 Å². The van der Waals surface area contributed by atoms with Crippen molar-refractivity contribution < 1.29 is 14.8 Å². The zero-order chi connectivity index (χ0) is 15.6. The van der Waals surface area contributed by atoms with Crippen LogP contribution in [0.1, 0.15) is 23.7 Å². The van der Waals surface area contributed by atoms with E-state index in [1.807, 2.05) is 7.05 Å². The summed E-state index contributed by atoms with van der Waals surface area (Å²) >= 11 is 0. The van der Waals surface area contributed by atoms with E-state index in [4.69, 9.17) is 5.11 Å². The lowest BCUT2D eigenvalue weighted by Gasteiger charge is -2.35. The van der Waals surface area contributed by atoms with Crippen LogP contribution in [0.2, 0.25) is 0 Å². The van der Waals surface area contributed by atoms with Gasteiger partial charge in [0, 0.05) is 18.7 Å². The molecule has 0 radical (unpaired) electrons. The molecule has 2 rings (SSSR count). The summed E-state index contributed by atoms with van der Waals surface area (Å²) < 4.78 is 0. The van der Waals surface area contributed by atoms with E-state index in [1.54, 1.807) is 0 Å². The summed E-state index contributed by atoms with van der Waals surface area (Å²) in [5.41, 5.74) is 0.233. The molecule has 2 N–H and O–H groups in total. The van der Waals surface area contributed by atoms with Crippen molar-refractivity contribution in [1.29, 1.82) is 0 Å². The number of aromatic carboxylic acids is 1. The van der Waals surface area contributed by atoms with Gasteiger partial charge in [0.25, 0.3) is 5.69 Å². The number of nitrogens with zero attached hydrogens (tertiary/aromatic N) is 2. The number of likely N-dealkylation sites (tertiary alicyclic amines) is 1. The summed E-state index contributed by atoms with van der Waals surface area (Å²) in [4.78, 5) is 23.8. The Bertz CT molecular complexity index is 561. The van der Waals surface area contributed by atoms with Gasteiger partial charge in [0.15, 0.2) is 0 Å². The second-order valence-electron chi connectivity index (χ2n) is 5.57. The van der Waals surface area contributed by atoms with Crippen molar-refractivity contribution in [2.75, 3.05) is 25.5 Å². The maximum absolute atomic E-state index is 11.1. The van der Waals surface area contributed by atoms with Crippen LogP contribution in [0.25, 0.3) is 0 Å². The Morgan fingerprint density at radius 3 is 2.81 bits per heavy atom. The molecule has 7 heteroatoms. The van der Waals surface area contributed by atoms with E-state index < -0.39 is 10.9 Å². The number of rotatable bonds is 4. The highest BCUT2D eigenvalue weighted by Gasteiger charge is 2.26. The molecular formula is C14H19N3O4. The number of carboxylic acids is 1. The number of carbonyl (C=O) groups is 1. The molecule has 1 aliphatic rings. The van der Waals surface area contributed by atoms with Crippen molar-refractivity contribution in [2.45, 2.75) is 19.4 Å². The maximum atomic E-state index is 11.1. The maximum Gasteiger partial charge on any atom is 0.335 e. The summed E-state index contributed by atoms with van der Waals surface area (Å²) in [6, 6.07) is 3.93. The van der Waals surface area contributed by atoms with Gasteiger partial charge in [-0.25, -0.2) is 4.79 Å². The van der Waals surface area contributed by atoms with Crippen molar-refractivity contribution in [3.8, 4) is 0 Å². The molecular weight excluding hydrogens is 274 g/mol. The fourth-order valence-electron chi connectivity index (χ4n) is 2.71. The minimum atomic E-state index is -1.09. The van der Waals surface area contributed by atoms with Gasteiger partial charge in [0.05, 0.1) is 10.5 Å². The molecule has 21 heavy (non-hydrogen) atoms. The molecule has 1 aromatic rings. The predicted octanol–water partition coefficient (Wildman–Crippen LogP) is 2.05. The zero-order valence-electron chi connectivity index (χ0n) is 12.1. The third-order valence-electron chi connectivity index (χ3n) is 3.89. The van der Waals surface area contributed by atoms with Crippen molar-refractivity contribution >= 4 is 17.3 Å². The molecule has 0 spiro atoms. The molecule has 2 unspecified atom stereocenters. The largest absolute Gasteiger partial charge is 0.478 e. The summed E-state index contributed by atoms with van der Waals surface area (Å²) in [5.74, 6) is -0.763. The standard InChI is InChI=1S/C14H19N3O4/c1-9-8-16(2)6-5-11(9)15-12-7-10(14(18)19)3-4-13(12)17(20)21/h3-4,7,9,11,15H,5-6,8H2,1-2H3,(H,18,19). The molecule has 0 saturated carbocycles. The quantitative estimate of drug-likeness (QED) is 0.651. The summed E-state index contributed by atoms with van der Waals surface area (Å²) in [6.45, 7) is 3.90. The van der Waals surface area contributed by atoms with Crippen molar-refractivity contribution in [3.63, 3.8) is 0 Å². The van der Waals surface area contributed by atoms with Crippen LogP contribution in [-0.2, 0) is 0 Å². The van der Waals surface area contributed by atoms with Crippen LogP contribution in [-0.4, -0.2) is 47.1 Å². The molecule has 114 valence electrons. The smallest absolute Gasteiger partial charge is 0.335 e. The van der Waals surface area contributed by atoms with Gasteiger partial charge in [-0.15, -0.1) is 0 Å². The molecule has 0 bridgehead atoms. The monoisotopic (exact) mass is 293 g/mol. The minimum absolute atomic E-state index is 0.0451. The van der Waals surface area contributed by atoms with Gasteiger partial charge >= 0.3 is 5.97 Å². The van der Waals surface area contributed by atoms with Gasteiger partial charge in [0.1, 0.15) is 5.69 Å². The van der Waals surface area contributed by atoms with E-state index in [2.05, 4.69) is 17.1 Å². The third kappa shape index (κ3) is 3.49. The van der Waals surface area contributed by atoms with Gasteiger partial charge in [-0.3, -0.25) is 10.1 Å². The lowest BCUT2D eigenvalue weighted by atomic mass is 9.93. The lowest BCUT2D eigenvalue weighted by Crippen LogP contribution is -2.43. The number of hydrogen-bond acceptors (Lipinski definition) is 5. The number of carboxylic acid groups (broad SMARTS) is 1. The van der Waals surface area contributed by atoms with Crippen molar-refractivity contribution in [1.82, 2.24) is 4.90 Å². The molecule has 1 aliphatic heterocycles. The topological polar surface area (TPSA) is 95.7 Å². The van der Waals surface area contributed by atoms with Gasteiger partial charge in [-0.2, -0.15) is 0 Å². The van der Waals surface area contributed by atoms with Gasteiger partial charge in [-0.05, 0) is 38.1 Å². The Morgan fingerprint density at radius 1 is 1.52 bits per heavy atom. The molecule has 0 aliphatic carbocycles. The molecule has 1 saturated heterocycles. The first-order chi connectivity index (χ1) is 9.88. The highest BCUT2D eigenvalue weighted by atomic mass is 16.6. The Kier molecular flexibility index (Phi) is 4.42. The van der Waals surface area contributed by atoms with E-state index >= 15 is 0 Å². The third-order valence-corrected chi connectivity index (χ3v) is 3.89. The Hall–Kier alpha value is -2.15. The summed E-state index contributed by atoms with van der Waals surface area (Å²) in [5, 5.41) is 23.3. The fourth-order valence-corrected chi connectivity index (χ4v) is 2.71. The van der Waals surface area contributed by atoms with E-state index in [0.717, 1.165) is 19.5 Å². The predicted molar refractivity (Wildman–Crippen MR) is 78.7 cm³/mol. The number of nitro benzene ring substituents is 1. The van der Waals surface area contributed by atoms with Gasteiger partial charge in [-0.1, -0.05) is 6.92 Å². The second kappa shape index (κ2) is 6.09. The number of nitro groups is 1. The summed E-state index contributed by atoms with van der Waals surface area (Å²) in [6.07, 6.45) is 0.867. The van der Waals surface area contributed by atoms with Crippen LogP contribution < -0.4 is 5.32 Å². The Morgan fingerprint density at radius 2 is 2.24 bits per heavy atom. The van der Waals surface area contributed by atoms with Crippen LogP contribution in [0.15, 0.2) is 18.2 Å².